The van der Waals surface area contributed by atoms with Gasteiger partial charge < -0.3 is 14.9 Å². The highest BCUT2D eigenvalue weighted by Crippen LogP contribution is 2.26. The van der Waals surface area contributed by atoms with Crippen LogP contribution in [0.15, 0.2) is 30.3 Å². The zero-order valence-corrected chi connectivity index (χ0v) is 14.8. The Bertz CT molecular complexity index is 599. The number of hydrogen-bond acceptors (Lipinski definition) is 4. The molecule has 1 N–H and O–H groups in total. The van der Waals surface area contributed by atoms with E-state index in [0.717, 1.165) is 31.7 Å². The highest BCUT2D eigenvalue weighted by atomic mass is 16.4. The van der Waals surface area contributed by atoms with Crippen molar-refractivity contribution in [3.05, 3.63) is 35.9 Å². The van der Waals surface area contributed by atoms with Crippen LogP contribution in [-0.2, 0) is 16.1 Å². The average molecular weight is 345 g/mol. The van der Waals surface area contributed by atoms with E-state index in [0.29, 0.717) is 26.1 Å². The minimum absolute atomic E-state index is 0.122. The summed E-state index contributed by atoms with van der Waals surface area (Å²) >= 11 is 0. The molecule has 0 unspecified atom stereocenters. The van der Waals surface area contributed by atoms with Crippen LogP contribution in [0.3, 0.4) is 0 Å². The van der Waals surface area contributed by atoms with Gasteiger partial charge in [-0.05, 0) is 19.0 Å². The molecule has 1 aromatic carbocycles. The number of likely N-dealkylation sites (N-methyl/N-ethyl adjacent to an activating group) is 1. The van der Waals surface area contributed by atoms with Crippen LogP contribution in [0.25, 0.3) is 0 Å². The molecule has 0 saturated carbocycles. The molecule has 0 aromatic heterocycles. The standard InChI is InChI=1S/C19H27N3O3/c1-20-7-9-22(10-8-20)18(23)16-11-17(19(24)25)14-21(13-16)12-15-5-3-2-4-6-15/h2-6,16-17H,7-14H2,1H3,(H,24,25)/t16-,17-/m0/s1. The van der Waals surface area contributed by atoms with E-state index in [9.17, 15) is 14.7 Å². The van der Waals surface area contributed by atoms with Crippen molar-refractivity contribution in [2.75, 3.05) is 46.3 Å². The van der Waals surface area contributed by atoms with Gasteiger partial charge in [-0.1, -0.05) is 30.3 Å². The minimum Gasteiger partial charge on any atom is -0.481 e. The maximum absolute atomic E-state index is 12.9. The zero-order chi connectivity index (χ0) is 17.8. The summed E-state index contributed by atoms with van der Waals surface area (Å²) in [7, 11) is 2.06. The van der Waals surface area contributed by atoms with Gasteiger partial charge in [-0.3, -0.25) is 14.5 Å². The lowest BCUT2D eigenvalue weighted by Crippen LogP contribution is -2.53. The number of carbonyl (C=O) groups is 2. The van der Waals surface area contributed by atoms with Gasteiger partial charge in [0.05, 0.1) is 11.8 Å². The number of piperazine rings is 1. The summed E-state index contributed by atoms with van der Waals surface area (Å²) < 4.78 is 0. The molecule has 6 nitrogen and oxygen atoms in total. The topological polar surface area (TPSA) is 64.1 Å². The highest BCUT2D eigenvalue weighted by molar-refractivity contribution is 5.80. The number of nitrogens with zero attached hydrogens (tertiary/aromatic N) is 3. The number of piperidine rings is 1. The molecular weight excluding hydrogens is 318 g/mol. The number of carboxylic acid groups (broad SMARTS) is 1. The van der Waals surface area contributed by atoms with Crippen LogP contribution >= 0.6 is 0 Å². The lowest BCUT2D eigenvalue weighted by molar-refractivity contribution is -0.148. The van der Waals surface area contributed by atoms with E-state index in [2.05, 4.69) is 16.8 Å². The predicted octanol–water partition coefficient (Wildman–Crippen LogP) is 0.983. The normalized spacial score (nSPS) is 25.7. The van der Waals surface area contributed by atoms with Gasteiger partial charge in [0.1, 0.15) is 0 Å². The molecule has 2 saturated heterocycles. The molecule has 2 heterocycles. The third kappa shape index (κ3) is 4.58. The van der Waals surface area contributed by atoms with Crippen molar-refractivity contribution in [1.29, 1.82) is 0 Å². The van der Waals surface area contributed by atoms with Crippen molar-refractivity contribution in [2.24, 2.45) is 11.8 Å². The highest BCUT2D eigenvalue weighted by Gasteiger charge is 2.37. The first-order chi connectivity index (χ1) is 12.0. The third-order valence-corrected chi connectivity index (χ3v) is 5.29. The quantitative estimate of drug-likeness (QED) is 0.881. The van der Waals surface area contributed by atoms with Gasteiger partial charge >= 0.3 is 5.97 Å². The van der Waals surface area contributed by atoms with Crippen LogP contribution in [0, 0.1) is 11.8 Å². The van der Waals surface area contributed by atoms with Gasteiger partial charge in [-0.25, -0.2) is 0 Å². The fourth-order valence-corrected chi connectivity index (χ4v) is 3.80. The molecule has 0 bridgehead atoms. The van der Waals surface area contributed by atoms with Crippen LogP contribution in [0.2, 0.25) is 0 Å². The van der Waals surface area contributed by atoms with Crippen molar-refractivity contribution in [2.45, 2.75) is 13.0 Å². The van der Waals surface area contributed by atoms with Crippen molar-refractivity contribution in [1.82, 2.24) is 14.7 Å². The number of rotatable bonds is 4. The Hall–Kier alpha value is -1.92. The van der Waals surface area contributed by atoms with Crippen LogP contribution < -0.4 is 0 Å². The molecule has 25 heavy (non-hydrogen) atoms. The second kappa shape index (κ2) is 7.97. The molecule has 2 aliphatic rings. The Morgan fingerprint density at radius 3 is 2.32 bits per heavy atom. The molecule has 2 aliphatic heterocycles. The second-order valence-electron chi connectivity index (χ2n) is 7.28. The Labute approximate surface area is 149 Å². The Morgan fingerprint density at radius 1 is 1.04 bits per heavy atom. The lowest BCUT2D eigenvalue weighted by atomic mass is 9.87. The largest absolute Gasteiger partial charge is 0.481 e. The number of benzene rings is 1. The van der Waals surface area contributed by atoms with E-state index in [1.165, 1.54) is 0 Å². The van der Waals surface area contributed by atoms with Crippen LogP contribution in [0.1, 0.15) is 12.0 Å². The Morgan fingerprint density at radius 2 is 1.68 bits per heavy atom. The summed E-state index contributed by atoms with van der Waals surface area (Å²) in [6.45, 7) is 5.09. The summed E-state index contributed by atoms with van der Waals surface area (Å²) in [6.07, 6.45) is 0.450. The van der Waals surface area contributed by atoms with E-state index in [1.54, 1.807) is 0 Å². The number of likely N-dealkylation sites (tertiary alicyclic amines) is 1. The summed E-state index contributed by atoms with van der Waals surface area (Å²) in [6, 6.07) is 10.0. The predicted molar refractivity (Wildman–Crippen MR) is 95.0 cm³/mol. The van der Waals surface area contributed by atoms with E-state index in [-0.39, 0.29) is 11.8 Å². The maximum Gasteiger partial charge on any atom is 0.307 e. The van der Waals surface area contributed by atoms with E-state index in [4.69, 9.17) is 0 Å². The van der Waals surface area contributed by atoms with Crippen LogP contribution in [0.4, 0.5) is 0 Å². The lowest BCUT2D eigenvalue weighted by Gasteiger charge is -2.39. The molecule has 0 spiro atoms. The first-order valence-corrected chi connectivity index (χ1v) is 8.99. The Kier molecular flexibility index (Phi) is 5.71. The van der Waals surface area contributed by atoms with Crippen LogP contribution in [-0.4, -0.2) is 78.0 Å². The number of aliphatic carboxylic acids is 1. The number of amides is 1. The molecule has 2 fully saturated rings. The van der Waals surface area contributed by atoms with Crippen molar-refractivity contribution < 1.29 is 14.7 Å². The summed E-state index contributed by atoms with van der Waals surface area (Å²) in [4.78, 5) is 30.7. The van der Waals surface area contributed by atoms with Crippen molar-refractivity contribution in [3.8, 4) is 0 Å². The second-order valence-corrected chi connectivity index (χ2v) is 7.28. The first-order valence-electron chi connectivity index (χ1n) is 8.99. The number of hydrogen-bond donors (Lipinski definition) is 1. The van der Waals surface area contributed by atoms with Gasteiger partial charge in [0, 0.05) is 45.8 Å². The molecule has 1 aromatic rings. The monoisotopic (exact) mass is 345 g/mol. The molecule has 3 rings (SSSR count). The third-order valence-electron chi connectivity index (χ3n) is 5.29. The van der Waals surface area contributed by atoms with E-state index >= 15 is 0 Å². The van der Waals surface area contributed by atoms with E-state index < -0.39 is 11.9 Å². The van der Waals surface area contributed by atoms with E-state index in [1.807, 2.05) is 35.2 Å². The number of carboxylic acids is 1. The molecule has 0 aliphatic carbocycles. The van der Waals surface area contributed by atoms with Gasteiger partial charge in [0.2, 0.25) is 5.91 Å². The fourth-order valence-electron chi connectivity index (χ4n) is 3.80. The van der Waals surface area contributed by atoms with Gasteiger partial charge in [-0.2, -0.15) is 0 Å². The molecule has 2 atom stereocenters. The van der Waals surface area contributed by atoms with Crippen LogP contribution in [0.5, 0.6) is 0 Å². The SMILES string of the molecule is CN1CCN(C(=O)[C@H]2C[C@H](C(=O)O)CN(Cc3ccccc3)C2)CC1. The molecule has 1 amide bonds. The minimum atomic E-state index is -0.797. The van der Waals surface area contributed by atoms with Crippen molar-refractivity contribution in [3.63, 3.8) is 0 Å². The molecule has 0 radical (unpaired) electrons. The Balaban J connectivity index is 1.67. The summed E-state index contributed by atoms with van der Waals surface area (Å²) in [5, 5.41) is 9.51. The molecule has 136 valence electrons. The maximum atomic E-state index is 12.9. The molecular formula is C19H27N3O3. The first kappa shape index (κ1) is 17.9. The summed E-state index contributed by atoms with van der Waals surface area (Å²) in [5.74, 6) is -1.37. The van der Waals surface area contributed by atoms with Gasteiger partial charge in [-0.15, -0.1) is 0 Å². The smallest absolute Gasteiger partial charge is 0.307 e. The molecule has 6 heteroatoms. The average Bonchev–Trinajstić information content (AvgIpc) is 2.62. The number of carbonyl (C=O) groups excluding carboxylic acids is 1. The zero-order valence-electron chi connectivity index (χ0n) is 14.8. The van der Waals surface area contributed by atoms with Gasteiger partial charge in [0.15, 0.2) is 0 Å². The van der Waals surface area contributed by atoms with Crippen molar-refractivity contribution >= 4 is 11.9 Å². The summed E-state index contributed by atoms with van der Waals surface area (Å²) in [5.41, 5.74) is 1.15. The van der Waals surface area contributed by atoms with Gasteiger partial charge in [0.25, 0.3) is 0 Å². The fraction of sp³-hybridized carbons (Fsp3) is 0.579.